The zero-order valence-corrected chi connectivity index (χ0v) is 16.7. The van der Waals surface area contributed by atoms with Gasteiger partial charge >= 0.3 is 0 Å². The Morgan fingerprint density at radius 3 is 2.50 bits per heavy atom. The van der Waals surface area contributed by atoms with Crippen molar-refractivity contribution in [3.63, 3.8) is 0 Å². The number of aliphatic hydroxyl groups is 1. The minimum absolute atomic E-state index is 0.0425. The summed E-state index contributed by atoms with van der Waals surface area (Å²) >= 11 is 0. The Kier molecular flexibility index (Phi) is 8.94. The van der Waals surface area contributed by atoms with Crippen LogP contribution in [0.25, 0.3) is 0 Å². The maximum Gasteiger partial charge on any atom is 0.191 e. The predicted molar refractivity (Wildman–Crippen MR) is 110 cm³/mol. The van der Waals surface area contributed by atoms with Crippen molar-refractivity contribution in [3.8, 4) is 17.2 Å². The summed E-state index contributed by atoms with van der Waals surface area (Å²) in [5, 5.41) is 15.5. The van der Waals surface area contributed by atoms with Gasteiger partial charge < -0.3 is 30.0 Å². The standard InChI is InChI=1S/C21H29N3O4/c1-4-22-21(24-15-17-7-5-6-8-18(17)26-2)23-14-16-9-10-19(28-12-11-25)20(13-16)27-3/h5-10,13,25H,4,11-12,14-15H2,1-3H3,(H2,22,23,24). The second-order valence-electron chi connectivity index (χ2n) is 5.92. The van der Waals surface area contributed by atoms with Crippen molar-refractivity contribution in [1.29, 1.82) is 0 Å². The predicted octanol–water partition coefficient (Wildman–Crippen LogP) is 2.33. The fraction of sp³-hybridized carbons (Fsp3) is 0.381. The van der Waals surface area contributed by atoms with Gasteiger partial charge in [-0.1, -0.05) is 24.3 Å². The van der Waals surface area contributed by atoms with Crippen LogP contribution in [0.3, 0.4) is 0 Å². The lowest BCUT2D eigenvalue weighted by Crippen LogP contribution is -2.36. The molecule has 2 aromatic carbocycles. The van der Waals surface area contributed by atoms with Crippen LogP contribution >= 0.6 is 0 Å². The van der Waals surface area contributed by atoms with Gasteiger partial charge in [0, 0.05) is 18.7 Å². The van der Waals surface area contributed by atoms with Crippen LogP contribution in [0.4, 0.5) is 0 Å². The Labute approximate surface area is 166 Å². The molecule has 2 rings (SSSR count). The molecule has 0 atom stereocenters. The van der Waals surface area contributed by atoms with Crippen LogP contribution in [0.15, 0.2) is 47.5 Å². The minimum atomic E-state index is -0.0425. The Bertz CT molecular complexity index is 765. The van der Waals surface area contributed by atoms with E-state index in [0.29, 0.717) is 30.5 Å². The third-order valence-corrected chi connectivity index (χ3v) is 3.98. The van der Waals surface area contributed by atoms with E-state index in [1.807, 2.05) is 49.4 Å². The fourth-order valence-electron chi connectivity index (χ4n) is 2.63. The molecule has 152 valence electrons. The molecular weight excluding hydrogens is 358 g/mol. The SMILES string of the molecule is CCNC(=NCc1ccc(OCCO)c(OC)c1)NCc1ccccc1OC. The number of methoxy groups -OCH3 is 2. The summed E-state index contributed by atoms with van der Waals surface area (Å²) in [5.74, 6) is 2.78. The monoisotopic (exact) mass is 387 g/mol. The van der Waals surface area contributed by atoms with Crippen molar-refractivity contribution in [3.05, 3.63) is 53.6 Å². The Hall–Kier alpha value is -2.93. The molecule has 3 N–H and O–H groups in total. The van der Waals surface area contributed by atoms with E-state index < -0.39 is 0 Å². The van der Waals surface area contributed by atoms with Crippen LogP contribution in [-0.2, 0) is 13.1 Å². The van der Waals surface area contributed by atoms with Gasteiger partial charge in [0.15, 0.2) is 17.5 Å². The molecule has 28 heavy (non-hydrogen) atoms. The Morgan fingerprint density at radius 2 is 1.79 bits per heavy atom. The maximum atomic E-state index is 8.90. The number of hydrogen-bond donors (Lipinski definition) is 3. The quantitative estimate of drug-likeness (QED) is 0.429. The molecule has 7 heteroatoms. The highest BCUT2D eigenvalue weighted by atomic mass is 16.5. The maximum absolute atomic E-state index is 8.90. The van der Waals surface area contributed by atoms with Crippen molar-refractivity contribution >= 4 is 5.96 Å². The molecule has 0 saturated heterocycles. The lowest BCUT2D eigenvalue weighted by atomic mass is 10.2. The molecule has 7 nitrogen and oxygen atoms in total. The lowest BCUT2D eigenvalue weighted by molar-refractivity contribution is 0.196. The van der Waals surface area contributed by atoms with Crippen molar-refractivity contribution in [2.24, 2.45) is 4.99 Å². The van der Waals surface area contributed by atoms with Crippen LogP contribution in [0.2, 0.25) is 0 Å². The van der Waals surface area contributed by atoms with Crippen molar-refractivity contribution < 1.29 is 19.3 Å². The van der Waals surface area contributed by atoms with Gasteiger partial charge in [-0.25, -0.2) is 4.99 Å². The number of aliphatic hydroxyl groups excluding tert-OH is 1. The van der Waals surface area contributed by atoms with E-state index in [4.69, 9.17) is 19.3 Å². The van der Waals surface area contributed by atoms with E-state index in [1.54, 1.807) is 14.2 Å². The van der Waals surface area contributed by atoms with E-state index in [0.717, 1.165) is 23.4 Å². The average molecular weight is 387 g/mol. The lowest BCUT2D eigenvalue weighted by Gasteiger charge is -2.14. The first kappa shape index (κ1) is 21.4. The fourth-order valence-corrected chi connectivity index (χ4v) is 2.63. The molecule has 0 saturated carbocycles. The summed E-state index contributed by atoms with van der Waals surface area (Å²) in [6.45, 7) is 4.06. The van der Waals surface area contributed by atoms with Gasteiger partial charge in [0.2, 0.25) is 0 Å². The summed E-state index contributed by atoms with van der Waals surface area (Å²) in [4.78, 5) is 4.64. The van der Waals surface area contributed by atoms with Crippen molar-refractivity contribution in [2.45, 2.75) is 20.0 Å². The molecule has 0 aliphatic carbocycles. The van der Waals surface area contributed by atoms with E-state index >= 15 is 0 Å². The number of guanidine groups is 1. The highest BCUT2D eigenvalue weighted by Crippen LogP contribution is 2.28. The Morgan fingerprint density at radius 1 is 1.00 bits per heavy atom. The number of rotatable bonds is 10. The summed E-state index contributed by atoms with van der Waals surface area (Å²) in [5.41, 5.74) is 2.05. The van der Waals surface area contributed by atoms with Gasteiger partial charge in [0.1, 0.15) is 12.4 Å². The first-order valence-corrected chi connectivity index (χ1v) is 9.26. The van der Waals surface area contributed by atoms with E-state index in [2.05, 4.69) is 15.6 Å². The van der Waals surface area contributed by atoms with Crippen molar-refractivity contribution in [2.75, 3.05) is 34.0 Å². The molecule has 0 fully saturated rings. The number of para-hydroxylation sites is 1. The molecule has 0 aromatic heterocycles. The number of nitrogens with zero attached hydrogens (tertiary/aromatic N) is 1. The average Bonchev–Trinajstić information content (AvgIpc) is 2.74. The van der Waals surface area contributed by atoms with E-state index in [9.17, 15) is 0 Å². The molecule has 0 aliphatic rings. The number of ether oxygens (including phenoxy) is 3. The first-order chi connectivity index (χ1) is 13.7. The molecule has 0 amide bonds. The third kappa shape index (κ3) is 6.35. The summed E-state index contributed by atoms with van der Waals surface area (Å²) in [6.07, 6.45) is 0. The zero-order valence-electron chi connectivity index (χ0n) is 16.7. The van der Waals surface area contributed by atoms with Gasteiger partial charge in [0.05, 0.1) is 27.4 Å². The van der Waals surface area contributed by atoms with Gasteiger partial charge in [-0.05, 0) is 30.7 Å². The molecule has 0 spiro atoms. The molecule has 0 aliphatic heterocycles. The molecular formula is C21H29N3O4. The van der Waals surface area contributed by atoms with E-state index in [-0.39, 0.29) is 13.2 Å². The van der Waals surface area contributed by atoms with Gasteiger partial charge in [-0.3, -0.25) is 0 Å². The zero-order chi connectivity index (χ0) is 20.2. The summed E-state index contributed by atoms with van der Waals surface area (Å²) < 4.78 is 16.2. The Balaban J connectivity index is 2.05. The van der Waals surface area contributed by atoms with Crippen LogP contribution < -0.4 is 24.8 Å². The molecule has 0 bridgehead atoms. The van der Waals surface area contributed by atoms with Crippen LogP contribution in [-0.4, -0.2) is 45.0 Å². The molecule has 0 heterocycles. The highest BCUT2D eigenvalue weighted by molar-refractivity contribution is 5.79. The second-order valence-corrected chi connectivity index (χ2v) is 5.92. The number of aliphatic imine (C=N–C) groups is 1. The minimum Gasteiger partial charge on any atom is -0.496 e. The molecule has 2 aromatic rings. The molecule has 0 unspecified atom stereocenters. The second kappa shape index (κ2) is 11.7. The first-order valence-electron chi connectivity index (χ1n) is 9.26. The number of benzene rings is 2. The van der Waals surface area contributed by atoms with Crippen molar-refractivity contribution in [1.82, 2.24) is 10.6 Å². The topological polar surface area (TPSA) is 84.3 Å². The summed E-state index contributed by atoms with van der Waals surface area (Å²) in [6, 6.07) is 13.5. The number of nitrogens with one attached hydrogen (secondary N) is 2. The van der Waals surface area contributed by atoms with Gasteiger partial charge in [-0.15, -0.1) is 0 Å². The summed E-state index contributed by atoms with van der Waals surface area (Å²) in [7, 11) is 3.26. The van der Waals surface area contributed by atoms with Crippen LogP contribution in [0.5, 0.6) is 17.2 Å². The largest absolute Gasteiger partial charge is 0.496 e. The van der Waals surface area contributed by atoms with Gasteiger partial charge in [0.25, 0.3) is 0 Å². The molecule has 0 radical (unpaired) electrons. The smallest absolute Gasteiger partial charge is 0.191 e. The van der Waals surface area contributed by atoms with E-state index in [1.165, 1.54) is 0 Å². The van der Waals surface area contributed by atoms with Crippen LogP contribution in [0.1, 0.15) is 18.1 Å². The normalized spacial score (nSPS) is 11.1. The highest BCUT2D eigenvalue weighted by Gasteiger charge is 2.07. The van der Waals surface area contributed by atoms with Gasteiger partial charge in [-0.2, -0.15) is 0 Å². The number of hydrogen-bond acceptors (Lipinski definition) is 5. The van der Waals surface area contributed by atoms with Crippen LogP contribution in [0, 0.1) is 0 Å². The third-order valence-electron chi connectivity index (χ3n) is 3.98.